The third-order valence-corrected chi connectivity index (χ3v) is 5.31. The van der Waals surface area contributed by atoms with E-state index in [2.05, 4.69) is 24.1 Å². The Bertz CT molecular complexity index is 278. The topological polar surface area (TPSA) is 35.5 Å². The van der Waals surface area contributed by atoms with E-state index in [1.54, 1.807) is 0 Å². The molecule has 2 N–H and O–H groups in total. The van der Waals surface area contributed by atoms with Gasteiger partial charge < -0.3 is 15.3 Å². The molecule has 1 saturated heterocycles. The standard InChI is InChI=1S/C18H36N2O/c1-3-10-20-13-15(12-18(21)4-2)11-17(14-20)19-16-8-6-5-7-9-16/h15-19,21H,3-14H2,1-2H3. The van der Waals surface area contributed by atoms with Crippen LogP contribution in [0.2, 0.25) is 0 Å². The number of nitrogens with zero attached hydrogens (tertiary/aromatic N) is 1. The van der Waals surface area contributed by atoms with Crippen molar-refractivity contribution in [1.82, 2.24) is 10.2 Å². The molecule has 1 heterocycles. The number of nitrogens with one attached hydrogen (secondary N) is 1. The summed E-state index contributed by atoms with van der Waals surface area (Å²) < 4.78 is 0. The zero-order valence-electron chi connectivity index (χ0n) is 14.2. The largest absolute Gasteiger partial charge is 0.393 e. The van der Waals surface area contributed by atoms with Crippen LogP contribution in [0.5, 0.6) is 0 Å². The molecule has 2 fully saturated rings. The van der Waals surface area contributed by atoms with Crippen molar-refractivity contribution in [2.75, 3.05) is 19.6 Å². The van der Waals surface area contributed by atoms with Crippen LogP contribution in [0.1, 0.15) is 71.6 Å². The first-order valence-electron chi connectivity index (χ1n) is 9.37. The van der Waals surface area contributed by atoms with Crippen molar-refractivity contribution >= 4 is 0 Å². The molecular formula is C18H36N2O. The predicted molar refractivity (Wildman–Crippen MR) is 89.5 cm³/mol. The van der Waals surface area contributed by atoms with Gasteiger partial charge in [0.15, 0.2) is 0 Å². The van der Waals surface area contributed by atoms with Gasteiger partial charge in [-0.2, -0.15) is 0 Å². The molecular weight excluding hydrogens is 260 g/mol. The fraction of sp³-hybridized carbons (Fsp3) is 1.00. The van der Waals surface area contributed by atoms with Gasteiger partial charge in [-0.15, -0.1) is 0 Å². The maximum Gasteiger partial charge on any atom is 0.0540 e. The third-order valence-electron chi connectivity index (χ3n) is 5.31. The highest BCUT2D eigenvalue weighted by Crippen LogP contribution is 2.25. The molecule has 0 aromatic carbocycles. The number of likely N-dealkylation sites (tertiary alicyclic amines) is 1. The normalized spacial score (nSPS) is 30.4. The molecule has 1 aliphatic carbocycles. The summed E-state index contributed by atoms with van der Waals surface area (Å²) in [6.07, 6.45) is 11.2. The summed E-state index contributed by atoms with van der Waals surface area (Å²) in [7, 11) is 0. The number of hydrogen-bond acceptors (Lipinski definition) is 3. The average molecular weight is 296 g/mol. The SMILES string of the molecule is CCCN1CC(CC(O)CC)CC(NC2CCCCC2)C1. The minimum absolute atomic E-state index is 0.105. The van der Waals surface area contributed by atoms with Gasteiger partial charge in [-0.1, -0.05) is 33.1 Å². The number of rotatable bonds is 7. The van der Waals surface area contributed by atoms with E-state index < -0.39 is 0 Å². The van der Waals surface area contributed by atoms with E-state index in [4.69, 9.17) is 0 Å². The Balaban J connectivity index is 1.85. The summed E-state index contributed by atoms with van der Waals surface area (Å²) in [5.41, 5.74) is 0. The summed E-state index contributed by atoms with van der Waals surface area (Å²) in [4.78, 5) is 2.62. The zero-order chi connectivity index (χ0) is 15.1. The third kappa shape index (κ3) is 5.88. The molecule has 0 radical (unpaired) electrons. The Morgan fingerprint density at radius 1 is 1.10 bits per heavy atom. The van der Waals surface area contributed by atoms with Crippen LogP contribution in [-0.4, -0.2) is 47.8 Å². The number of hydrogen-bond donors (Lipinski definition) is 2. The van der Waals surface area contributed by atoms with Crippen molar-refractivity contribution in [3.05, 3.63) is 0 Å². The Kier molecular flexibility index (Phi) is 7.48. The molecule has 3 nitrogen and oxygen atoms in total. The molecule has 3 atom stereocenters. The highest BCUT2D eigenvalue weighted by Gasteiger charge is 2.29. The molecule has 2 aliphatic rings. The second-order valence-corrected chi connectivity index (χ2v) is 7.36. The smallest absolute Gasteiger partial charge is 0.0540 e. The quantitative estimate of drug-likeness (QED) is 0.757. The Morgan fingerprint density at radius 3 is 2.52 bits per heavy atom. The van der Waals surface area contributed by atoms with Crippen molar-refractivity contribution < 1.29 is 5.11 Å². The van der Waals surface area contributed by atoms with Gasteiger partial charge in [-0.25, -0.2) is 0 Å². The van der Waals surface area contributed by atoms with Gasteiger partial charge in [0.1, 0.15) is 0 Å². The lowest BCUT2D eigenvalue weighted by Crippen LogP contribution is -2.52. The van der Waals surface area contributed by atoms with Gasteiger partial charge in [0.25, 0.3) is 0 Å². The van der Waals surface area contributed by atoms with Crippen molar-refractivity contribution in [3.63, 3.8) is 0 Å². The molecule has 1 saturated carbocycles. The Morgan fingerprint density at radius 2 is 1.86 bits per heavy atom. The molecule has 1 aliphatic heterocycles. The number of aliphatic hydroxyl groups is 1. The van der Waals surface area contributed by atoms with Gasteiger partial charge in [0.05, 0.1) is 6.10 Å². The van der Waals surface area contributed by atoms with Gasteiger partial charge in [-0.3, -0.25) is 0 Å². The lowest BCUT2D eigenvalue weighted by atomic mass is 9.87. The van der Waals surface area contributed by atoms with E-state index >= 15 is 0 Å². The molecule has 3 unspecified atom stereocenters. The maximum absolute atomic E-state index is 10.00. The van der Waals surface area contributed by atoms with Crippen LogP contribution in [0, 0.1) is 5.92 Å². The van der Waals surface area contributed by atoms with Crippen LogP contribution in [0.15, 0.2) is 0 Å². The van der Waals surface area contributed by atoms with Crippen LogP contribution >= 0.6 is 0 Å². The minimum Gasteiger partial charge on any atom is -0.393 e. The number of aliphatic hydroxyl groups excluding tert-OH is 1. The summed E-state index contributed by atoms with van der Waals surface area (Å²) in [5, 5.41) is 13.9. The number of piperidine rings is 1. The molecule has 0 spiro atoms. The van der Waals surface area contributed by atoms with E-state index in [0.29, 0.717) is 12.0 Å². The van der Waals surface area contributed by atoms with Gasteiger partial charge in [0, 0.05) is 25.2 Å². The first-order valence-corrected chi connectivity index (χ1v) is 9.37. The van der Waals surface area contributed by atoms with Crippen LogP contribution in [-0.2, 0) is 0 Å². The first-order chi connectivity index (χ1) is 10.2. The van der Waals surface area contributed by atoms with Gasteiger partial charge >= 0.3 is 0 Å². The monoisotopic (exact) mass is 296 g/mol. The summed E-state index contributed by atoms with van der Waals surface area (Å²) in [5.74, 6) is 0.668. The van der Waals surface area contributed by atoms with E-state index in [1.807, 2.05) is 0 Å². The molecule has 124 valence electrons. The van der Waals surface area contributed by atoms with Crippen LogP contribution in [0.4, 0.5) is 0 Å². The van der Waals surface area contributed by atoms with Crippen molar-refractivity contribution in [2.24, 2.45) is 5.92 Å². The molecule has 2 rings (SSSR count). The Labute approximate surface area is 131 Å². The zero-order valence-corrected chi connectivity index (χ0v) is 14.2. The lowest BCUT2D eigenvalue weighted by molar-refractivity contribution is 0.0798. The second-order valence-electron chi connectivity index (χ2n) is 7.36. The van der Waals surface area contributed by atoms with E-state index in [-0.39, 0.29) is 6.10 Å². The minimum atomic E-state index is -0.105. The Hall–Kier alpha value is -0.120. The van der Waals surface area contributed by atoms with E-state index in [1.165, 1.54) is 64.6 Å². The first kappa shape index (κ1) is 17.2. The summed E-state index contributed by atoms with van der Waals surface area (Å²) in [6, 6.07) is 1.39. The molecule has 0 amide bonds. The van der Waals surface area contributed by atoms with Crippen LogP contribution in [0.3, 0.4) is 0 Å². The second kappa shape index (κ2) is 9.12. The van der Waals surface area contributed by atoms with Gasteiger partial charge in [0.2, 0.25) is 0 Å². The summed E-state index contributed by atoms with van der Waals surface area (Å²) in [6.45, 7) is 7.97. The maximum atomic E-state index is 10.00. The van der Waals surface area contributed by atoms with Crippen molar-refractivity contribution in [3.8, 4) is 0 Å². The average Bonchev–Trinajstić information content (AvgIpc) is 2.48. The van der Waals surface area contributed by atoms with Crippen LogP contribution < -0.4 is 5.32 Å². The molecule has 0 aromatic heterocycles. The van der Waals surface area contributed by atoms with Crippen molar-refractivity contribution in [1.29, 1.82) is 0 Å². The van der Waals surface area contributed by atoms with E-state index in [9.17, 15) is 5.11 Å². The highest BCUT2D eigenvalue weighted by molar-refractivity contribution is 4.87. The highest BCUT2D eigenvalue weighted by atomic mass is 16.3. The van der Waals surface area contributed by atoms with Crippen LogP contribution in [0.25, 0.3) is 0 Å². The fourth-order valence-electron chi connectivity index (χ4n) is 4.25. The lowest BCUT2D eigenvalue weighted by Gasteiger charge is -2.40. The molecule has 0 bridgehead atoms. The van der Waals surface area contributed by atoms with Crippen molar-refractivity contribution in [2.45, 2.75) is 89.8 Å². The summed E-state index contributed by atoms with van der Waals surface area (Å²) >= 11 is 0. The molecule has 0 aromatic rings. The van der Waals surface area contributed by atoms with E-state index in [0.717, 1.165) is 18.9 Å². The molecule has 21 heavy (non-hydrogen) atoms. The van der Waals surface area contributed by atoms with Gasteiger partial charge in [-0.05, 0) is 51.0 Å². The molecule has 3 heteroatoms. The predicted octanol–water partition coefficient (Wildman–Crippen LogP) is 3.17. The fourth-order valence-corrected chi connectivity index (χ4v) is 4.25.